The van der Waals surface area contributed by atoms with Crippen LogP contribution in [0.1, 0.15) is 61.4 Å². The minimum atomic E-state index is -3.55. The standard InChI is InChI=1S/C26H30N2O2S.ClH/c1-28-24-12-10-21(16-22(24)26-23-11-9-19(27-23)15-25(26)28)31(29,30)20-8-4-7-18(14-20)13-17-5-2-3-6-17;/h4,7-8,10,12,14,16-17,19,23,27H,2-3,5-6,9,11,13,15H2,1H3;1H. The first-order valence-corrected chi connectivity index (χ1v) is 13.2. The molecule has 2 bridgehead atoms. The molecule has 0 amide bonds. The Morgan fingerprint density at radius 3 is 2.59 bits per heavy atom. The van der Waals surface area contributed by atoms with Crippen LogP contribution in [-0.4, -0.2) is 19.0 Å². The Bertz CT molecular complexity index is 1270. The van der Waals surface area contributed by atoms with E-state index in [0.717, 1.165) is 35.7 Å². The quantitative estimate of drug-likeness (QED) is 0.546. The Morgan fingerprint density at radius 1 is 1.00 bits per heavy atom. The summed E-state index contributed by atoms with van der Waals surface area (Å²) < 4.78 is 29.4. The van der Waals surface area contributed by atoms with Crippen LogP contribution in [0.3, 0.4) is 0 Å². The summed E-state index contributed by atoms with van der Waals surface area (Å²) in [6, 6.07) is 14.3. The fraction of sp³-hybridized carbons (Fsp3) is 0.462. The van der Waals surface area contributed by atoms with Crippen molar-refractivity contribution in [3.63, 3.8) is 0 Å². The Morgan fingerprint density at radius 2 is 1.78 bits per heavy atom. The summed E-state index contributed by atoms with van der Waals surface area (Å²) in [7, 11) is -1.43. The Labute approximate surface area is 196 Å². The molecule has 4 nitrogen and oxygen atoms in total. The van der Waals surface area contributed by atoms with Crippen molar-refractivity contribution in [3.05, 3.63) is 59.3 Å². The van der Waals surface area contributed by atoms with Crippen molar-refractivity contribution in [2.75, 3.05) is 0 Å². The van der Waals surface area contributed by atoms with Gasteiger partial charge in [0, 0.05) is 42.1 Å². The van der Waals surface area contributed by atoms with Gasteiger partial charge in [-0.2, -0.15) is 0 Å². The van der Waals surface area contributed by atoms with Crippen LogP contribution in [0.15, 0.2) is 52.3 Å². The predicted octanol–water partition coefficient (Wildman–Crippen LogP) is 5.51. The van der Waals surface area contributed by atoms with Crippen LogP contribution in [0.4, 0.5) is 0 Å². The van der Waals surface area contributed by atoms with Crippen LogP contribution in [0.5, 0.6) is 0 Å². The highest BCUT2D eigenvalue weighted by molar-refractivity contribution is 7.91. The van der Waals surface area contributed by atoms with E-state index in [-0.39, 0.29) is 12.4 Å². The molecule has 3 aliphatic rings. The summed E-state index contributed by atoms with van der Waals surface area (Å²) in [5.74, 6) is 0.702. The lowest BCUT2D eigenvalue weighted by atomic mass is 9.98. The number of benzene rings is 2. The highest BCUT2D eigenvalue weighted by atomic mass is 35.5. The smallest absolute Gasteiger partial charge is 0.206 e. The van der Waals surface area contributed by atoms with Crippen LogP contribution in [0.25, 0.3) is 10.9 Å². The van der Waals surface area contributed by atoms with Gasteiger partial charge in [-0.15, -0.1) is 12.4 Å². The van der Waals surface area contributed by atoms with E-state index in [9.17, 15) is 8.42 Å². The van der Waals surface area contributed by atoms with Crippen molar-refractivity contribution in [2.45, 2.75) is 73.2 Å². The van der Waals surface area contributed by atoms with Gasteiger partial charge in [0.25, 0.3) is 0 Å². The largest absolute Gasteiger partial charge is 0.347 e. The molecule has 1 saturated carbocycles. The summed E-state index contributed by atoms with van der Waals surface area (Å²) in [6.45, 7) is 0. The van der Waals surface area contributed by atoms with E-state index in [2.05, 4.69) is 23.0 Å². The molecule has 3 heterocycles. The van der Waals surface area contributed by atoms with Crippen molar-refractivity contribution in [3.8, 4) is 0 Å². The maximum atomic E-state index is 13.6. The van der Waals surface area contributed by atoms with E-state index in [4.69, 9.17) is 0 Å². The number of nitrogens with zero attached hydrogens (tertiary/aromatic N) is 1. The predicted molar refractivity (Wildman–Crippen MR) is 130 cm³/mol. The molecule has 2 aromatic carbocycles. The van der Waals surface area contributed by atoms with Gasteiger partial charge in [0.05, 0.1) is 9.79 Å². The molecule has 2 fully saturated rings. The van der Waals surface area contributed by atoms with Gasteiger partial charge in [-0.05, 0) is 66.6 Å². The third kappa shape index (κ3) is 3.49. The minimum absolute atomic E-state index is 0. The second-order valence-electron chi connectivity index (χ2n) is 9.80. The molecule has 1 aromatic heterocycles. The topological polar surface area (TPSA) is 51.1 Å². The molecule has 170 valence electrons. The van der Waals surface area contributed by atoms with Crippen LogP contribution in [-0.2, 0) is 29.7 Å². The molecule has 32 heavy (non-hydrogen) atoms. The SMILES string of the molecule is Cl.Cn1c2c(c3cc(S(=O)(=O)c4cccc(CC5CCCC5)c4)ccc31)C1CCC(C2)N1. The zero-order valence-electron chi connectivity index (χ0n) is 18.5. The van der Waals surface area contributed by atoms with E-state index in [1.807, 2.05) is 24.3 Å². The molecule has 1 saturated heterocycles. The van der Waals surface area contributed by atoms with Crippen molar-refractivity contribution < 1.29 is 8.42 Å². The van der Waals surface area contributed by atoms with E-state index in [1.54, 1.807) is 12.1 Å². The molecular formula is C26H31ClN2O2S. The van der Waals surface area contributed by atoms with Gasteiger partial charge in [0.2, 0.25) is 9.84 Å². The third-order valence-electron chi connectivity index (χ3n) is 7.88. The highest BCUT2D eigenvalue weighted by Crippen LogP contribution is 2.42. The van der Waals surface area contributed by atoms with Crippen molar-refractivity contribution in [2.24, 2.45) is 13.0 Å². The third-order valence-corrected chi connectivity index (χ3v) is 9.63. The van der Waals surface area contributed by atoms with Gasteiger partial charge in [0.15, 0.2) is 0 Å². The lowest BCUT2D eigenvalue weighted by Crippen LogP contribution is -2.32. The number of aromatic nitrogens is 1. The van der Waals surface area contributed by atoms with E-state index in [0.29, 0.717) is 27.8 Å². The second kappa shape index (κ2) is 8.19. The Kier molecular flexibility index (Phi) is 5.63. The molecule has 6 heteroatoms. The van der Waals surface area contributed by atoms with Crippen LogP contribution in [0.2, 0.25) is 0 Å². The van der Waals surface area contributed by atoms with E-state index < -0.39 is 9.84 Å². The van der Waals surface area contributed by atoms with Crippen LogP contribution in [0, 0.1) is 5.92 Å². The average Bonchev–Trinajstić information content (AvgIpc) is 3.48. The maximum absolute atomic E-state index is 13.6. The molecule has 0 spiro atoms. The fourth-order valence-corrected chi connectivity index (χ4v) is 7.63. The molecular weight excluding hydrogens is 440 g/mol. The number of rotatable bonds is 4. The molecule has 3 aromatic rings. The molecule has 2 aliphatic heterocycles. The van der Waals surface area contributed by atoms with Gasteiger partial charge >= 0.3 is 0 Å². The van der Waals surface area contributed by atoms with Crippen molar-refractivity contribution >= 4 is 33.1 Å². The lowest BCUT2D eigenvalue weighted by Gasteiger charge is -2.23. The number of halogens is 1. The number of fused-ring (bicyclic) bond motifs is 6. The fourth-order valence-electron chi connectivity index (χ4n) is 6.27. The number of hydrogen-bond donors (Lipinski definition) is 1. The zero-order valence-corrected chi connectivity index (χ0v) is 20.1. The van der Waals surface area contributed by atoms with Crippen LogP contribution < -0.4 is 5.32 Å². The first-order valence-electron chi connectivity index (χ1n) is 11.7. The van der Waals surface area contributed by atoms with Gasteiger partial charge in [-0.1, -0.05) is 37.8 Å². The first-order chi connectivity index (χ1) is 15.0. The molecule has 1 N–H and O–H groups in total. The normalized spacial score (nSPS) is 22.8. The van der Waals surface area contributed by atoms with Gasteiger partial charge < -0.3 is 9.88 Å². The number of hydrogen-bond acceptors (Lipinski definition) is 3. The summed E-state index contributed by atoms with van der Waals surface area (Å²) in [6.07, 6.45) is 9.50. The Balaban J connectivity index is 0.00000216. The van der Waals surface area contributed by atoms with E-state index in [1.165, 1.54) is 43.4 Å². The molecule has 1 aliphatic carbocycles. The summed E-state index contributed by atoms with van der Waals surface area (Å²) in [4.78, 5) is 0.831. The number of nitrogens with one attached hydrogen (secondary N) is 1. The van der Waals surface area contributed by atoms with Gasteiger partial charge in [0.1, 0.15) is 0 Å². The second-order valence-corrected chi connectivity index (χ2v) is 11.8. The summed E-state index contributed by atoms with van der Waals surface area (Å²) >= 11 is 0. The Hall–Kier alpha value is -1.82. The molecule has 2 unspecified atom stereocenters. The van der Waals surface area contributed by atoms with Crippen molar-refractivity contribution in [1.29, 1.82) is 0 Å². The molecule has 6 rings (SSSR count). The average molecular weight is 471 g/mol. The van der Waals surface area contributed by atoms with E-state index >= 15 is 0 Å². The highest BCUT2D eigenvalue weighted by Gasteiger charge is 2.36. The first kappa shape index (κ1) is 22.0. The lowest BCUT2D eigenvalue weighted by molar-refractivity contribution is 0.503. The summed E-state index contributed by atoms with van der Waals surface area (Å²) in [5.41, 5.74) is 4.97. The molecule has 2 atom stereocenters. The molecule has 0 radical (unpaired) electrons. The summed E-state index contributed by atoms with van der Waals surface area (Å²) in [5, 5.41) is 4.82. The van der Waals surface area contributed by atoms with Gasteiger partial charge in [-0.3, -0.25) is 0 Å². The maximum Gasteiger partial charge on any atom is 0.206 e. The van der Waals surface area contributed by atoms with Crippen molar-refractivity contribution in [1.82, 2.24) is 9.88 Å². The number of sulfone groups is 1. The zero-order chi connectivity index (χ0) is 21.2. The van der Waals surface area contributed by atoms with Gasteiger partial charge in [-0.25, -0.2) is 8.42 Å². The minimum Gasteiger partial charge on any atom is -0.347 e. The monoisotopic (exact) mass is 470 g/mol. The number of aryl methyl sites for hydroxylation is 1. The van der Waals surface area contributed by atoms with Crippen LogP contribution >= 0.6 is 12.4 Å².